The Balaban J connectivity index is 2.08. The summed E-state index contributed by atoms with van der Waals surface area (Å²) in [6.45, 7) is 2.15. The van der Waals surface area contributed by atoms with Gasteiger partial charge in [0.2, 0.25) is 0 Å². The van der Waals surface area contributed by atoms with E-state index < -0.39 is 5.97 Å². The van der Waals surface area contributed by atoms with Gasteiger partial charge in [-0.15, -0.1) is 0 Å². The maximum absolute atomic E-state index is 10.7. The van der Waals surface area contributed by atoms with E-state index in [1.165, 1.54) is 0 Å². The van der Waals surface area contributed by atoms with Crippen molar-refractivity contribution in [2.75, 3.05) is 18.9 Å². The summed E-state index contributed by atoms with van der Waals surface area (Å²) in [4.78, 5) is 10.7. The van der Waals surface area contributed by atoms with Crippen molar-refractivity contribution in [1.29, 1.82) is 0 Å². The van der Waals surface area contributed by atoms with E-state index in [2.05, 4.69) is 5.10 Å². The lowest BCUT2D eigenvalue weighted by molar-refractivity contribution is 0.0690. The zero-order valence-electron chi connectivity index (χ0n) is 8.22. The highest BCUT2D eigenvalue weighted by atomic mass is 16.5. The van der Waals surface area contributed by atoms with Crippen LogP contribution in [-0.4, -0.2) is 34.1 Å². The Morgan fingerprint density at radius 3 is 3.13 bits per heavy atom. The first kappa shape index (κ1) is 9.97. The zero-order valence-corrected chi connectivity index (χ0v) is 8.22. The molecule has 0 amide bonds. The fourth-order valence-corrected chi connectivity index (χ4v) is 1.69. The molecule has 6 heteroatoms. The minimum atomic E-state index is -1.09. The van der Waals surface area contributed by atoms with Gasteiger partial charge in [-0.05, 0) is 6.42 Å². The highest BCUT2D eigenvalue weighted by molar-refractivity contribution is 5.91. The summed E-state index contributed by atoms with van der Waals surface area (Å²) >= 11 is 0. The molecule has 1 fully saturated rings. The van der Waals surface area contributed by atoms with Crippen LogP contribution in [0.5, 0.6) is 0 Å². The Morgan fingerprint density at radius 2 is 2.60 bits per heavy atom. The smallest absolute Gasteiger partial charge is 0.358 e. The highest BCUT2D eigenvalue weighted by Gasteiger charge is 2.19. The molecule has 1 unspecified atom stereocenters. The van der Waals surface area contributed by atoms with E-state index in [9.17, 15) is 4.79 Å². The quantitative estimate of drug-likeness (QED) is 0.745. The summed E-state index contributed by atoms with van der Waals surface area (Å²) in [5.74, 6) is -0.681. The zero-order chi connectivity index (χ0) is 10.8. The molecule has 0 bridgehead atoms. The van der Waals surface area contributed by atoms with Gasteiger partial charge in [0.15, 0.2) is 5.69 Å². The van der Waals surface area contributed by atoms with Gasteiger partial charge in [-0.3, -0.25) is 4.68 Å². The van der Waals surface area contributed by atoms with Gasteiger partial charge >= 0.3 is 5.97 Å². The fourth-order valence-electron chi connectivity index (χ4n) is 1.69. The summed E-state index contributed by atoms with van der Waals surface area (Å²) in [6, 6.07) is 0. The van der Waals surface area contributed by atoms with Crippen molar-refractivity contribution in [3.63, 3.8) is 0 Å². The van der Waals surface area contributed by atoms with Crippen LogP contribution in [0.25, 0.3) is 0 Å². The molecule has 15 heavy (non-hydrogen) atoms. The van der Waals surface area contributed by atoms with Gasteiger partial charge in [-0.1, -0.05) is 0 Å². The summed E-state index contributed by atoms with van der Waals surface area (Å²) < 4.78 is 6.81. The highest BCUT2D eigenvalue weighted by Crippen LogP contribution is 2.16. The number of carbonyl (C=O) groups is 1. The van der Waals surface area contributed by atoms with Crippen molar-refractivity contribution in [2.45, 2.75) is 13.0 Å². The van der Waals surface area contributed by atoms with Crippen molar-refractivity contribution in [3.05, 3.63) is 11.9 Å². The summed E-state index contributed by atoms with van der Waals surface area (Å²) in [5.41, 5.74) is 5.66. The van der Waals surface area contributed by atoms with Crippen LogP contribution in [0, 0.1) is 5.92 Å². The number of nitrogen functional groups attached to an aromatic ring is 1. The molecule has 1 aromatic rings. The number of anilines is 1. The van der Waals surface area contributed by atoms with Crippen LogP contribution in [0.2, 0.25) is 0 Å². The Hall–Kier alpha value is -1.56. The molecule has 0 saturated carbocycles. The van der Waals surface area contributed by atoms with Crippen molar-refractivity contribution >= 4 is 11.7 Å². The number of aromatic carboxylic acids is 1. The number of nitrogens with zero attached hydrogens (tertiary/aromatic N) is 2. The normalized spacial score (nSPS) is 20.7. The van der Waals surface area contributed by atoms with Gasteiger partial charge < -0.3 is 15.6 Å². The van der Waals surface area contributed by atoms with Crippen LogP contribution >= 0.6 is 0 Å². The molecule has 0 aromatic carbocycles. The third kappa shape index (κ3) is 2.10. The Bertz CT molecular complexity index is 369. The molecule has 0 radical (unpaired) electrons. The topological polar surface area (TPSA) is 90.4 Å². The lowest BCUT2D eigenvalue weighted by Gasteiger charge is -2.06. The maximum atomic E-state index is 10.7. The second-order valence-electron chi connectivity index (χ2n) is 3.69. The Labute approximate surface area is 86.6 Å². The standard InChI is InChI=1S/C9H13N3O3/c10-7-4-12(11-8(7)9(13)14)3-6-1-2-15-5-6/h4,6H,1-3,5,10H2,(H,13,14). The summed E-state index contributed by atoms with van der Waals surface area (Å²) in [7, 11) is 0. The molecule has 1 aromatic heterocycles. The van der Waals surface area contributed by atoms with Gasteiger partial charge in [0, 0.05) is 25.3 Å². The number of hydrogen-bond acceptors (Lipinski definition) is 4. The van der Waals surface area contributed by atoms with Crippen LogP contribution in [-0.2, 0) is 11.3 Å². The molecule has 3 N–H and O–H groups in total. The van der Waals surface area contributed by atoms with E-state index in [0.717, 1.165) is 13.0 Å². The SMILES string of the molecule is Nc1cn(CC2CCOC2)nc1C(=O)O. The van der Waals surface area contributed by atoms with Crippen molar-refractivity contribution in [3.8, 4) is 0 Å². The van der Waals surface area contributed by atoms with Crippen LogP contribution in [0.15, 0.2) is 6.20 Å². The largest absolute Gasteiger partial charge is 0.476 e. The predicted molar refractivity (Wildman–Crippen MR) is 52.5 cm³/mol. The predicted octanol–water partition coefficient (Wildman–Crippen LogP) is 0.200. The lowest BCUT2D eigenvalue weighted by Crippen LogP contribution is -2.11. The first-order chi connectivity index (χ1) is 7.16. The third-order valence-electron chi connectivity index (χ3n) is 2.46. The molecule has 1 saturated heterocycles. The molecule has 1 atom stereocenters. The molecule has 0 spiro atoms. The molecule has 0 aliphatic carbocycles. The molecule has 1 aliphatic heterocycles. The van der Waals surface area contributed by atoms with E-state index in [1.54, 1.807) is 10.9 Å². The number of rotatable bonds is 3. The van der Waals surface area contributed by atoms with E-state index in [-0.39, 0.29) is 11.4 Å². The first-order valence-corrected chi connectivity index (χ1v) is 4.81. The molecular formula is C9H13N3O3. The van der Waals surface area contributed by atoms with Crippen LogP contribution in [0.3, 0.4) is 0 Å². The van der Waals surface area contributed by atoms with Gasteiger partial charge in [0.25, 0.3) is 0 Å². The van der Waals surface area contributed by atoms with Crippen LogP contribution < -0.4 is 5.73 Å². The van der Waals surface area contributed by atoms with Crippen molar-refractivity contribution in [2.24, 2.45) is 5.92 Å². The summed E-state index contributed by atoms with van der Waals surface area (Å²) in [6.07, 6.45) is 2.55. The number of ether oxygens (including phenoxy) is 1. The van der Waals surface area contributed by atoms with E-state index in [1.807, 2.05) is 0 Å². The number of hydrogen-bond donors (Lipinski definition) is 2. The Morgan fingerprint density at radius 1 is 1.80 bits per heavy atom. The average Bonchev–Trinajstić information content (AvgIpc) is 2.75. The molecule has 2 heterocycles. The third-order valence-corrected chi connectivity index (χ3v) is 2.46. The number of nitrogens with two attached hydrogens (primary N) is 1. The number of carboxylic acids is 1. The summed E-state index contributed by atoms with van der Waals surface area (Å²) in [5, 5.41) is 12.7. The monoisotopic (exact) mass is 211 g/mol. The molecule has 82 valence electrons. The van der Waals surface area contributed by atoms with E-state index in [0.29, 0.717) is 19.1 Å². The average molecular weight is 211 g/mol. The lowest BCUT2D eigenvalue weighted by atomic mass is 10.1. The molecule has 6 nitrogen and oxygen atoms in total. The molecule has 1 aliphatic rings. The fraction of sp³-hybridized carbons (Fsp3) is 0.556. The van der Waals surface area contributed by atoms with Gasteiger partial charge in [-0.2, -0.15) is 5.10 Å². The number of aromatic nitrogens is 2. The second-order valence-corrected chi connectivity index (χ2v) is 3.69. The molecule has 2 rings (SSSR count). The van der Waals surface area contributed by atoms with Gasteiger partial charge in [0.05, 0.1) is 12.3 Å². The number of carboxylic acid groups (broad SMARTS) is 1. The van der Waals surface area contributed by atoms with Crippen LogP contribution in [0.1, 0.15) is 16.9 Å². The van der Waals surface area contributed by atoms with Gasteiger partial charge in [0.1, 0.15) is 0 Å². The van der Waals surface area contributed by atoms with Crippen molar-refractivity contribution in [1.82, 2.24) is 9.78 Å². The van der Waals surface area contributed by atoms with E-state index >= 15 is 0 Å². The van der Waals surface area contributed by atoms with Gasteiger partial charge in [-0.25, -0.2) is 4.79 Å². The molecular weight excluding hydrogens is 198 g/mol. The first-order valence-electron chi connectivity index (χ1n) is 4.81. The second kappa shape index (κ2) is 3.90. The Kier molecular flexibility index (Phi) is 2.59. The maximum Gasteiger partial charge on any atom is 0.358 e. The minimum absolute atomic E-state index is 0.0751. The van der Waals surface area contributed by atoms with Crippen molar-refractivity contribution < 1.29 is 14.6 Å². The van der Waals surface area contributed by atoms with E-state index in [4.69, 9.17) is 15.6 Å². The minimum Gasteiger partial charge on any atom is -0.476 e. The van der Waals surface area contributed by atoms with Crippen LogP contribution in [0.4, 0.5) is 5.69 Å².